The Morgan fingerprint density at radius 3 is 2.38 bits per heavy atom. The number of likely N-dealkylation sites (tertiary alicyclic amines) is 1. The van der Waals surface area contributed by atoms with Crippen LogP contribution < -0.4 is 10.2 Å². The normalized spacial score (nSPS) is 18.4. The lowest BCUT2D eigenvalue weighted by Crippen LogP contribution is -3.11. The van der Waals surface area contributed by atoms with Crippen molar-refractivity contribution in [3.8, 4) is 0 Å². The van der Waals surface area contributed by atoms with Crippen LogP contribution >= 0.6 is 0 Å². The van der Waals surface area contributed by atoms with Crippen molar-refractivity contribution in [3.63, 3.8) is 0 Å². The molecule has 206 valence electrons. The number of hydrogen-bond acceptors (Lipinski definition) is 5. The molecule has 2 heterocycles. The number of aliphatic carboxylic acids is 1. The number of quaternary nitrogens is 1. The van der Waals surface area contributed by atoms with Gasteiger partial charge in [-0.05, 0) is 49.5 Å². The van der Waals surface area contributed by atoms with E-state index in [0.717, 1.165) is 36.8 Å². The number of rotatable bonds is 10. The fraction of sp³-hybridized carbons (Fsp3) is 0.323. The standard InChI is InChI=1S/C17H24FN3O.C14H13NO2/c1-4-7-14(15(18)6-3)17-19-16(20-22-17)12-21-10-8-13(5-2)9-11-21;16-14(17)13(11-7-3-1-4-8-11)15-12-9-5-2-6-10-12/h4,6-7,13H,1,5,8-12H2,2-3H3;1-10,13,15H,(H,16,17)/p+1/b14-7+,15-6+;/t;13-/m.1/s1. The summed E-state index contributed by atoms with van der Waals surface area (Å²) in [4.78, 5) is 17.0. The Morgan fingerprint density at radius 2 is 1.82 bits per heavy atom. The van der Waals surface area contributed by atoms with Gasteiger partial charge in [0.15, 0.2) is 6.04 Å². The monoisotopic (exact) mass is 533 g/mol. The molecule has 8 heteroatoms. The Morgan fingerprint density at radius 1 is 1.18 bits per heavy atom. The summed E-state index contributed by atoms with van der Waals surface area (Å²) in [6.07, 6.45) is 8.21. The Balaban J connectivity index is 0.000000223. The van der Waals surface area contributed by atoms with Gasteiger partial charge in [-0.3, -0.25) is 0 Å². The van der Waals surface area contributed by atoms with Gasteiger partial charge in [0.2, 0.25) is 5.82 Å². The fourth-order valence-electron chi connectivity index (χ4n) is 4.49. The number of carboxylic acid groups (broad SMARTS) is 1. The van der Waals surface area contributed by atoms with E-state index in [9.17, 15) is 14.3 Å². The van der Waals surface area contributed by atoms with Crippen LogP contribution in [0.25, 0.3) is 5.57 Å². The average molecular weight is 534 g/mol. The second-order valence-corrected chi connectivity index (χ2v) is 9.44. The molecule has 1 aliphatic heterocycles. The summed E-state index contributed by atoms with van der Waals surface area (Å²) in [7, 11) is 0. The van der Waals surface area contributed by atoms with E-state index in [4.69, 9.17) is 4.52 Å². The molecule has 0 unspecified atom stereocenters. The molecule has 4 rings (SSSR count). The van der Waals surface area contributed by atoms with E-state index in [-0.39, 0.29) is 17.3 Å². The van der Waals surface area contributed by atoms with Crippen molar-refractivity contribution in [2.75, 3.05) is 18.4 Å². The molecule has 2 aromatic carbocycles. The first-order valence-corrected chi connectivity index (χ1v) is 13.4. The van der Waals surface area contributed by atoms with Crippen molar-refractivity contribution < 1.29 is 23.7 Å². The number of halogens is 1. The fourth-order valence-corrected chi connectivity index (χ4v) is 4.49. The van der Waals surface area contributed by atoms with Crippen molar-refractivity contribution in [2.45, 2.75) is 45.7 Å². The van der Waals surface area contributed by atoms with Crippen molar-refractivity contribution >= 4 is 17.2 Å². The zero-order chi connectivity index (χ0) is 28.0. The molecule has 1 aromatic heterocycles. The van der Waals surface area contributed by atoms with Gasteiger partial charge in [-0.25, -0.2) is 9.18 Å². The molecular formula is C31H38FN4O3+. The van der Waals surface area contributed by atoms with E-state index in [1.165, 1.54) is 36.3 Å². The number of anilines is 1. The maximum Gasteiger partial charge on any atom is 0.330 e. The molecule has 0 radical (unpaired) electrons. The number of carboxylic acids is 1. The topological polar surface area (TPSA) is 92.7 Å². The maximum absolute atomic E-state index is 13.8. The lowest BCUT2D eigenvalue weighted by molar-refractivity contribution is -0.920. The minimum atomic E-state index is -0.889. The lowest BCUT2D eigenvalue weighted by Gasteiger charge is -2.27. The van der Waals surface area contributed by atoms with Crippen LogP contribution in [-0.4, -0.2) is 34.3 Å². The van der Waals surface area contributed by atoms with E-state index >= 15 is 0 Å². The molecule has 3 aromatic rings. The summed E-state index contributed by atoms with van der Waals surface area (Å²) < 4.78 is 19.0. The van der Waals surface area contributed by atoms with Gasteiger partial charge in [0.05, 0.1) is 18.7 Å². The molecule has 0 bridgehead atoms. The molecule has 1 aliphatic rings. The van der Waals surface area contributed by atoms with Crippen molar-refractivity contribution in [1.82, 2.24) is 10.1 Å². The molecule has 1 fully saturated rings. The molecule has 1 atom stereocenters. The minimum absolute atomic E-state index is 0.216. The van der Waals surface area contributed by atoms with Crippen LogP contribution in [0.5, 0.6) is 0 Å². The third-order valence-electron chi connectivity index (χ3n) is 6.76. The highest BCUT2D eigenvalue weighted by atomic mass is 19.1. The predicted octanol–water partition coefficient (Wildman–Crippen LogP) is 5.64. The smallest absolute Gasteiger partial charge is 0.330 e. The number of hydrogen-bond donors (Lipinski definition) is 3. The molecule has 0 saturated carbocycles. The largest absolute Gasteiger partial charge is 0.479 e. The summed E-state index contributed by atoms with van der Waals surface area (Å²) in [6.45, 7) is 10.5. The van der Waals surface area contributed by atoms with E-state index in [0.29, 0.717) is 5.82 Å². The Hall–Kier alpha value is -4.04. The maximum atomic E-state index is 13.8. The molecule has 0 aliphatic carbocycles. The average Bonchev–Trinajstić information content (AvgIpc) is 3.43. The van der Waals surface area contributed by atoms with Crippen LogP contribution in [0.3, 0.4) is 0 Å². The Kier molecular flexibility index (Phi) is 11.6. The van der Waals surface area contributed by atoms with Crippen LogP contribution in [0, 0.1) is 5.92 Å². The van der Waals surface area contributed by atoms with Gasteiger partial charge in [0.25, 0.3) is 5.89 Å². The van der Waals surface area contributed by atoms with Crippen LogP contribution in [-0.2, 0) is 11.3 Å². The zero-order valence-electron chi connectivity index (χ0n) is 22.6. The molecule has 3 N–H and O–H groups in total. The summed E-state index contributed by atoms with van der Waals surface area (Å²) in [5, 5.41) is 16.2. The Labute approximate surface area is 229 Å². The highest BCUT2D eigenvalue weighted by Crippen LogP contribution is 2.23. The summed E-state index contributed by atoms with van der Waals surface area (Å²) in [5.41, 5.74) is 1.82. The number of benzene rings is 2. The second kappa shape index (κ2) is 15.4. The number of para-hydroxylation sites is 1. The Bertz CT molecular complexity index is 1230. The predicted molar refractivity (Wildman–Crippen MR) is 152 cm³/mol. The molecule has 0 amide bonds. The first-order chi connectivity index (χ1) is 18.9. The molecule has 0 spiro atoms. The van der Waals surface area contributed by atoms with Crippen molar-refractivity contribution in [2.24, 2.45) is 5.92 Å². The van der Waals surface area contributed by atoms with Crippen LogP contribution in [0.2, 0.25) is 0 Å². The van der Waals surface area contributed by atoms with E-state index in [2.05, 4.69) is 29.0 Å². The lowest BCUT2D eigenvalue weighted by atomic mass is 9.94. The highest BCUT2D eigenvalue weighted by Gasteiger charge is 2.23. The third-order valence-corrected chi connectivity index (χ3v) is 6.76. The number of nitrogens with zero attached hydrogens (tertiary/aromatic N) is 2. The number of piperidine rings is 1. The SMILES string of the molecule is C=C/C=C(\C(F)=C/C)c1nc(C[NH+]2CCC(CC)CC2)no1.O=C(O)[C@H](Nc1ccccc1)c1ccccc1. The molecular weight excluding hydrogens is 495 g/mol. The third kappa shape index (κ3) is 9.04. The van der Waals surface area contributed by atoms with Crippen LogP contribution in [0.1, 0.15) is 56.4 Å². The quantitative estimate of drug-likeness (QED) is 0.292. The molecule has 39 heavy (non-hydrogen) atoms. The first kappa shape index (κ1) is 29.5. The van der Waals surface area contributed by atoms with Crippen molar-refractivity contribution in [1.29, 1.82) is 0 Å². The van der Waals surface area contributed by atoms with Gasteiger partial charge < -0.3 is 19.8 Å². The minimum Gasteiger partial charge on any atom is -0.479 e. The van der Waals surface area contributed by atoms with Gasteiger partial charge in [-0.15, -0.1) is 0 Å². The highest BCUT2D eigenvalue weighted by molar-refractivity contribution is 5.79. The summed E-state index contributed by atoms with van der Waals surface area (Å²) >= 11 is 0. The van der Waals surface area contributed by atoms with Gasteiger partial charge >= 0.3 is 5.97 Å². The van der Waals surface area contributed by atoms with Crippen LogP contribution in [0.15, 0.2) is 95.8 Å². The zero-order valence-corrected chi connectivity index (χ0v) is 22.6. The molecule has 1 saturated heterocycles. The van der Waals surface area contributed by atoms with Crippen molar-refractivity contribution in [3.05, 3.63) is 109 Å². The number of carbonyl (C=O) groups is 1. The number of allylic oxidation sites excluding steroid dienone is 5. The molecule has 7 nitrogen and oxygen atoms in total. The summed E-state index contributed by atoms with van der Waals surface area (Å²) in [6, 6.07) is 17.7. The summed E-state index contributed by atoms with van der Waals surface area (Å²) in [5.74, 6) is 0.439. The van der Waals surface area contributed by atoms with E-state index in [1.807, 2.05) is 48.5 Å². The van der Waals surface area contributed by atoms with Gasteiger partial charge in [0.1, 0.15) is 12.4 Å². The van der Waals surface area contributed by atoms with Gasteiger partial charge in [-0.2, -0.15) is 4.98 Å². The number of nitrogens with one attached hydrogen (secondary N) is 2. The number of aromatic nitrogens is 2. The van der Waals surface area contributed by atoms with Crippen LogP contribution in [0.4, 0.5) is 10.1 Å². The van der Waals surface area contributed by atoms with Gasteiger partial charge in [0, 0.05) is 5.69 Å². The van der Waals surface area contributed by atoms with E-state index in [1.54, 1.807) is 25.1 Å². The van der Waals surface area contributed by atoms with E-state index < -0.39 is 12.0 Å². The van der Waals surface area contributed by atoms with Gasteiger partial charge in [-0.1, -0.05) is 85.8 Å². The first-order valence-electron chi connectivity index (χ1n) is 13.4. The second-order valence-electron chi connectivity index (χ2n) is 9.44.